The summed E-state index contributed by atoms with van der Waals surface area (Å²) in [4.78, 5) is 31.4. The number of rotatable bonds is 7. The quantitative estimate of drug-likeness (QED) is 0.344. The van der Waals surface area contributed by atoms with E-state index in [2.05, 4.69) is 20.5 Å². The first-order chi connectivity index (χ1) is 17.4. The molecule has 8 nitrogen and oxygen atoms in total. The van der Waals surface area contributed by atoms with Crippen LogP contribution in [-0.2, 0) is 11.3 Å². The molecule has 2 amide bonds. The number of aromatic nitrogens is 1. The molecule has 1 aliphatic heterocycles. The van der Waals surface area contributed by atoms with Gasteiger partial charge in [-0.05, 0) is 52.7 Å². The van der Waals surface area contributed by atoms with Crippen molar-refractivity contribution in [3.8, 4) is 0 Å². The fourth-order valence-electron chi connectivity index (χ4n) is 4.00. The van der Waals surface area contributed by atoms with Crippen LogP contribution < -0.4 is 16.4 Å². The van der Waals surface area contributed by atoms with Gasteiger partial charge in [0.05, 0.1) is 13.2 Å². The summed E-state index contributed by atoms with van der Waals surface area (Å²) in [5.41, 5.74) is 7.75. The first-order valence-corrected chi connectivity index (χ1v) is 12.2. The van der Waals surface area contributed by atoms with Crippen molar-refractivity contribution in [3.05, 3.63) is 83.3 Å². The highest BCUT2D eigenvalue weighted by molar-refractivity contribution is 7.20. The zero-order chi connectivity index (χ0) is 25.1. The summed E-state index contributed by atoms with van der Waals surface area (Å²) in [5.74, 6) is -1.41. The van der Waals surface area contributed by atoms with Crippen molar-refractivity contribution in [2.24, 2.45) is 5.73 Å². The van der Waals surface area contributed by atoms with Crippen molar-refractivity contribution in [3.63, 3.8) is 0 Å². The van der Waals surface area contributed by atoms with Crippen LogP contribution in [0.25, 0.3) is 10.8 Å². The third-order valence-corrected chi connectivity index (χ3v) is 6.75. The van der Waals surface area contributed by atoms with Gasteiger partial charge < -0.3 is 21.1 Å². The van der Waals surface area contributed by atoms with Gasteiger partial charge in [-0.2, -0.15) is 0 Å². The first-order valence-electron chi connectivity index (χ1n) is 11.4. The number of thiazole rings is 1. The average molecular weight is 506 g/mol. The molecular formula is C26H24FN5O3S. The summed E-state index contributed by atoms with van der Waals surface area (Å²) in [6.07, 6.45) is 0. The van der Waals surface area contributed by atoms with E-state index in [-0.39, 0.29) is 22.4 Å². The normalized spacial score (nSPS) is 14.0. The molecule has 0 radical (unpaired) electrons. The van der Waals surface area contributed by atoms with E-state index in [1.807, 2.05) is 18.2 Å². The highest BCUT2D eigenvalue weighted by atomic mass is 32.1. The topological polar surface area (TPSA) is 110 Å². The van der Waals surface area contributed by atoms with E-state index in [0.29, 0.717) is 16.4 Å². The molecule has 4 N–H and O–H groups in total. The van der Waals surface area contributed by atoms with Gasteiger partial charge in [0.25, 0.3) is 11.8 Å². The fourth-order valence-corrected chi connectivity index (χ4v) is 4.88. The van der Waals surface area contributed by atoms with Gasteiger partial charge in [0.15, 0.2) is 10.8 Å². The molecule has 36 heavy (non-hydrogen) atoms. The molecule has 1 saturated heterocycles. The molecule has 5 rings (SSSR count). The molecule has 0 saturated carbocycles. The summed E-state index contributed by atoms with van der Waals surface area (Å²) in [6.45, 7) is 4.03. The molecule has 0 bridgehead atoms. The Morgan fingerprint density at radius 3 is 2.50 bits per heavy atom. The lowest BCUT2D eigenvalue weighted by Gasteiger charge is -2.26. The number of ether oxygens (including phenoxy) is 1. The molecule has 3 aromatic carbocycles. The van der Waals surface area contributed by atoms with E-state index in [1.165, 1.54) is 12.1 Å². The van der Waals surface area contributed by atoms with Crippen LogP contribution in [0.15, 0.2) is 60.7 Å². The number of hydrogen-bond acceptors (Lipinski definition) is 7. The summed E-state index contributed by atoms with van der Waals surface area (Å²) < 4.78 is 18.8. The Balaban J connectivity index is 1.29. The summed E-state index contributed by atoms with van der Waals surface area (Å²) in [6, 6.07) is 17.3. The van der Waals surface area contributed by atoms with Gasteiger partial charge >= 0.3 is 0 Å². The van der Waals surface area contributed by atoms with Crippen LogP contribution in [0.3, 0.4) is 0 Å². The number of nitrogens with zero attached hydrogens (tertiary/aromatic N) is 2. The second-order valence-electron chi connectivity index (χ2n) is 8.43. The Morgan fingerprint density at radius 1 is 1.03 bits per heavy atom. The number of amides is 2. The number of fused-ring (bicyclic) bond motifs is 1. The third-order valence-electron chi connectivity index (χ3n) is 5.87. The largest absolute Gasteiger partial charge is 0.379 e. The number of primary amides is 1. The van der Waals surface area contributed by atoms with Crippen LogP contribution in [0, 0.1) is 5.82 Å². The summed E-state index contributed by atoms with van der Waals surface area (Å²) in [5, 5.41) is 8.15. The lowest BCUT2D eigenvalue weighted by molar-refractivity contribution is 0.0342. The average Bonchev–Trinajstić information content (AvgIpc) is 3.27. The highest BCUT2D eigenvalue weighted by Crippen LogP contribution is 2.32. The zero-order valence-electron chi connectivity index (χ0n) is 19.3. The second kappa shape index (κ2) is 10.4. The number of halogens is 1. The molecule has 0 unspecified atom stereocenters. The molecule has 10 heteroatoms. The highest BCUT2D eigenvalue weighted by Gasteiger charge is 2.19. The van der Waals surface area contributed by atoms with Crippen molar-refractivity contribution in [1.82, 2.24) is 9.88 Å². The molecule has 1 fully saturated rings. The molecule has 0 aliphatic carbocycles. The minimum Gasteiger partial charge on any atom is -0.379 e. The van der Waals surface area contributed by atoms with Crippen LogP contribution in [-0.4, -0.2) is 48.0 Å². The van der Waals surface area contributed by atoms with Gasteiger partial charge in [-0.15, -0.1) is 0 Å². The van der Waals surface area contributed by atoms with Gasteiger partial charge in [-0.25, -0.2) is 9.37 Å². The van der Waals surface area contributed by atoms with Gasteiger partial charge in [-0.3, -0.25) is 14.5 Å². The van der Waals surface area contributed by atoms with Gasteiger partial charge in [0.2, 0.25) is 0 Å². The van der Waals surface area contributed by atoms with Crippen molar-refractivity contribution in [2.75, 3.05) is 36.9 Å². The van der Waals surface area contributed by atoms with Crippen LogP contribution in [0.5, 0.6) is 0 Å². The molecule has 184 valence electrons. The molecule has 4 aromatic rings. The first kappa shape index (κ1) is 23.9. The van der Waals surface area contributed by atoms with Crippen LogP contribution in [0.1, 0.15) is 26.4 Å². The maximum Gasteiger partial charge on any atom is 0.270 e. The number of carbonyl (C=O) groups excluding carboxylic acids is 2. The molecular weight excluding hydrogens is 481 g/mol. The summed E-state index contributed by atoms with van der Waals surface area (Å²) in [7, 11) is 0. The van der Waals surface area contributed by atoms with E-state index < -0.39 is 5.91 Å². The van der Waals surface area contributed by atoms with E-state index >= 15 is 0 Å². The van der Waals surface area contributed by atoms with Gasteiger partial charge in [0.1, 0.15) is 10.8 Å². The van der Waals surface area contributed by atoms with Crippen molar-refractivity contribution >= 4 is 49.7 Å². The molecule has 1 aliphatic rings. The van der Waals surface area contributed by atoms with E-state index in [1.54, 1.807) is 30.3 Å². The van der Waals surface area contributed by atoms with Crippen LogP contribution in [0.4, 0.5) is 20.2 Å². The number of benzene rings is 3. The van der Waals surface area contributed by atoms with E-state index in [0.717, 1.165) is 60.5 Å². The van der Waals surface area contributed by atoms with Gasteiger partial charge in [-0.1, -0.05) is 35.6 Å². The third kappa shape index (κ3) is 5.51. The fraction of sp³-hybridized carbons (Fsp3) is 0.192. The number of hydrogen-bond donors (Lipinski definition) is 3. The van der Waals surface area contributed by atoms with E-state index in [9.17, 15) is 14.0 Å². The Kier molecular flexibility index (Phi) is 6.90. The minimum absolute atomic E-state index is 0.0253. The predicted octanol–water partition coefficient (Wildman–Crippen LogP) is 4.36. The lowest BCUT2D eigenvalue weighted by Crippen LogP contribution is -2.35. The molecule has 0 atom stereocenters. The maximum atomic E-state index is 13.4. The smallest absolute Gasteiger partial charge is 0.270 e. The lowest BCUT2D eigenvalue weighted by atomic mass is 10.1. The van der Waals surface area contributed by atoms with Crippen molar-refractivity contribution in [1.29, 1.82) is 0 Å². The van der Waals surface area contributed by atoms with Crippen molar-refractivity contribution in [2.45, 2.75) is 6.54 Å². The predicted molar refractivity (Wildman–Crippen MR) is 138 cm³/mol. The van der Waals surface area contributed by atoms with Crippen molar-refractivity contribution < 1.29 is 18.7 Å². The van der Waals surface area contributed by atoms with E-state index in [4.69, 9.17) is 10.5 Å². The Morgan fingerprint density at radius 2 is 1.75 bits per heavy atom. The standard InChI is InChI=1S/C26H24FN5O3S/c27-20-7-5-19-14-21(8-6-18(19)13-20)29-26-30-22(23(28)33)25(36-26)31-24(34)17-3-1-16(2-4-17)15-32-9-11-35-12-10-32/h1-8,13-14H,9-12,15H2,(H2,28,33)(H,29,30)(H,31,34). The Labute approximate surface area is 210 Å². The van der Waals surface area contributed by atoms with Crippen LogP contribution in [0.2, 0.25) is 0 Å². The monoisotopic (exact) mass is 505 g/mol. The maximum absolute atomic E-state index is 13.4. The Hall–Kier alpha value is -3.86. The molecule has 2 heterocycles. The number of carbonyl (C=O) groups is 2. The number of nitrogens with two attached hydrogens (primary N) is 1. The minimum atomic E-state index is -0.746. The number of morpholine rings is 1. The molecule has 0 spiro atoms. The SMILES string of the molecule is NC(=O)c1nc(Nc2ccc3cc(F)ccc3c2)sc1NC(=O)c1ccc(CN2CCOCC2)cc1. The second-order valence-corrected chi connectivity index (χ2v) is 9.43. The van der Waals surface area contributed by atoms with Gasteiger partial charge in [0, 0.05) is 30.9 Å². The zero-order valence-corrected chi connectivity index (χ0v) is 20.1. The Bertz CT molecular complexity index is 1420. The molecule has 1 aromatic heterocycles. The summed E-state index contributed by atoms with van der Waals surface area (Å²) >= 11 is 1.11. The van der Waals surface area contributed by atoms with Crippen LogP contribution >= 0.6 is 11.3 Å². The number of anilines is 3. The number of nitrogens with one attached hydrogen (secondary N) is 2.